The van der Waals surface area contributed by atoms with E-state index in [1.807, 2.05) is 48.5 Å². The van der Waals surface area contributed by atoms with Gasteiger partial charge in [-0.3, -0.25) is 9.59 Å². The van der Waals surface area contributed by atoms with Crippen LogP contribution in [-0.2, 0) is 14.3 Å². The number of rotatable bonds is 4. The molecule has 0 aromatic heterocycles. The summed E-state index contributed by atoms with van der Waals surface area (Å²) in [6.45, 7) is 3.12. The average Bonchev–Trinajstić information content (AvgIpc) is 2.71. The molecule has 6 nitrogen and oxygen atoms in total. The van der Waals surface area contributed by atoms with E-state index in [1.165, 1.54) is 11.8 Å². The number of nitrogens with one attached hydrogen (secondary N) is 1. The molecule has 0 spiro atoms. The van der Waals surface area contributed by atoms with Crippen molar-refractivity contribution in [2.45, 2.75) is 4.90 Å². The van der Waals surface area contributed by atoms with Crippen LogP contribution in [0.2, 0.25) is 0 Å². The third kappa shape index (κ3) is 4.09. The molecule has 140 valence electrons. The average molecular weight is 383 g/mol. The molecule has 0 saturated carbocycles. The zero-order chi connectivity index (χ0) is 18.6. The highest BCUT2D eigenvalue weighted by Crippen LogP contribution is 2.34. The summed E-state index contributed by atoms with van der Waals surface area (Å²) in [5.74, 6) is 0.108. The second kappa shape index (κ2) is 8.02. The Balaban J connectivity index is 1.45. The summed E-state index contributed by atoms with van der Waals surface area (Å²) in [5, 5.41) is 2.92. The number of morpholine rings is 1. The highest BCUT2D eigenvalue weighted by molar-refractivity contribution is 8.00. The molecule has 27 heavy (non-hydrogen) atoms. The molecule has 2 aromatic carbocycles. The zero-order valence-corrected chi connectivity index (χ0v) is 15.7. The molecule has 2 aliphatic rings. The van der Waals surface area contributed by atoms with Crippen LogP contribution in [0.4, 0.5) is 17.1 Å². The van der Waals surface area contributed by atoms with Crippen molar-refractivity contribution < 1.29 is 14.3 Å². The van der Waals surface area contributed by atoms with Gasteiger partial charge >= 0.3 is 0 Å². The van der Waals surface area contributed by atoms with Crippen molar-refractivity contribution in [1.82, 2.24) is 0 Å². The van der Waals surface area contributed by atoms with Crippen LogP contribution in [0.15, 0.2) is 53.4 Å². The van der Waals surface area contributed by atoms with E-state index in [0.717, 1.165) is 35.0 Å². The maximum absolute atomic E-state index is 12.6. The number of hydrogen-bond donors (Lipinski definition) is 1. The van der Waals surface area contributed by atoms with E-state index in [0.29, 0.717) is 19.0 Å². The van der Waals surface area contributed by atoms with Crippen molar-refractivity contribution in [1.29, 1.82) is 0 Å². The van der Waals surface area contributed by atoms with Gasteiger partial charge in [-0.2, -0.15) is 0 Å². The van der Waals surface area contributed by atoms with Crippen LogP contribution in [0.25, 0.3) is 0 Å². The predicted octanol–water partition coefficient (Wildman–Crippen LogP) is 2.60. The fraction of sp³-hybridized carbons (Fsp3) is 0.300. The molecule has 2 aromatic rings. The van der Waals surface area contributed by atoms with E-state index in [9.17, 15) is 9.59 Å². The summed E-state index contributed by atoms with van der Waals surface area (Å²) in [6, 6.07) is 15.5. The maximum Gasteiger partial charge on any atom is 0.244 e. The molecule has 0 bridgehead atoms. The van der Waals surface area contributed by atoms with Gasteiger partial charge in [0, 0.05) is 29.4 Å². The first-order chi connectivity index (χ1) is 13.2. The highest BCUT2D eigenvalue weighted by atomic mass is 32.2. The van der Waals surface area contributed by atoms with E-state index < -0.39 is 0 Å². The largest absolute Gasteiger partial charge is 0.378 e. The lowest BCUT2D eigenvalue weighted by molar-refractivity contribution is -0.120. The number of nitrogens with zero attached hydrogens (tertiary/aromatic N) is 2. The number of para-hydroxylation sites is 1. The lowest BCUT2D eigenvalue weighted by atomic mass is 10.2. The minimum absolute atomic E-state index is 0.0121. The lowest BCUT2D eigenvalue weighted by Crippen LogP contribution is -2.41. The van der Waals surface area contributed by atoms with E-state index in [2.05, 4.69) is 10.2 Å². The van der Waals surface area contributed by atoms with E-state index in [4.69, 9.17) is 4.74 Å². The number of fused-ring (bicyclic) bond motifs is 1. The van der Waals surface area contributed by atoms with Crippen LogP contribution in [-0.4, -0.2) is 50.4 Å². The number of carbonyl (C=O) groups is 2. The number of amides is 2. The maximum atomic E-state index is 12.6. The Labute approximate surface area is 162 Å². The number of hydrogen-bond acceptors (Lipinski definition) is 5. The quantitative estimate of drug-likeness (QED) is 0.879. The van der Waals surface area contributed by atoms with Crippen molar-refractivity contribution in [2.24, 2.45) is 0 Å². The van der Waals surface area contributed by atoms with Crippen molar-refractivity contribution >= 4 is 40.6 Å². The second-order valence-corrected chi connectivity index (χ2v) is 7.45. The number of anilines is 3. The summed E-state index contributed by atoms with van der Waals surface area (Å²) in [7, 11) is 0. The summed E-state index contributed by atoms with van der Waals surface area (Å²) in [6.07, 6.45) is 0. The summed E-state index contributed by atoms with van der Waals surface area (Å²) in [5.41, 5.74) is 2.60. The molecule has 1 saturated heterocycles. The number of carbonyl (C=O) groups excluding carboxylic acids is 2. The highest BCUT2D eigenvalue weighted by Gasteiger charge is 2.26. The molecule has 1 N–H and O–H groups in total. The predicted molar refractivity (Wildman–Crippen MR) is 108 cm³/mol. The Hall–Kier alpha value is -2.51. The van der Waals surface area contributed by atoms with Crippen LogP contribution >= 0.6 is 11.8 Å². The van der Waals surface area contributed by atoms with E-state index >= 15 is 0 Å². The van der Waals surface area contributed by atoms with Gasteiger partial charge in [0.15, 0.2) is 0 Å². The van der Waals surface area contributed by atoms with Crippen LogP contribution in [0.1, 0.15) is 0 Å². The first-order valence-corrected chi connectivity index (χ1v) is 9.94. The summed E-state index contributed by atoms with van der Waals surface area (Å²) >= 11 is 1.51. The molecule has 2 heterocycles. The fourth-order valence-electron chi connectivity index (χ4n) is 3.27. The first-order valence-electron chi connectivity index (χ1n) is 8.95. The minimum atomic E-state index is -0.204. The van der Waals surface area contributed by atoms with Crippen LogP contribution in [0, 0.1) is 0 Å². The van der Waals surface area contributed by atoms with E-state index in [-0.39, 0.29) is 18.4 Å². The molecule has 2 aliphatic heterocycles. The molecule has 0 aliphatic carbocycles. The van der Waals surface area contributed by atoms with E-state index in [1.54, 1.807) is 4.90 Å². The molecule has 0 unspecified atom stereocenters. The van der Waals surface area contributed by atoms with Gasteiger partial charge in [0.05, 0.1) is 24.7 Å². The smallest absolute Gasteiger partial charge is 0.244 e. The molecule has 1 fully saturated rings. The van der Waals surface area contributed by atoms with Crippen molar-refractivity contribution in [3.05, 3.63) is 48.5 Å². The van der Waals surface area contributed by atoms with Gasteiger partial charge in [-0.1, -0.05) is 18.2 Å². The molecule has 0 atom stereocenters. The standard InChI is InChI=1S/C20H21N3O3S/c24-19(13-23-17-6-1-2-7-18(17)27-14-20(23)25)21-15-4-3-5-16(12-15)22-8-10-26-11-9-22/h1-7,12H,8-11,13-14H2,(H,21,24). The van der Waals surface area contributed by atoms with Crippen molar-refractivity contribution in [3.8, 4) is 0 Å². The van der Waals surface area contributed by atoms with Gasteiger partial charge in [0.25, 0.3) is 0 Å². The molecular formula is C20H21N3O3S. The summed E-state index contributed by atoms with van der Waals surface area (Å²) in [4.78, 5) is 29.7. The first kappa shape index (κ1) is 17.9. The third-order valence-corrected chi connectivity index (χ3v) is 5.66. The zero-order valence-electron chi connectivity index (χ0n) is 14.9. The minimum Gasteiger partial charge on any atom is -0.378 e. The van der Waals surface area contributed by atoms with Gasteiger partial charge in [0.1, 0.15) is 6.54 Å². The van der Waals surface area contributed by atoms with Crippen LogP contribution < -0.4 is 15.1 Å². The normalized spacial score (nSPS) is 16.8. The van der Waals surface area contributed by atoms with Crippen LogP contribution in [0.3, 0.4) is 0 Å². The topological polar surface area (TPSA) is 61.9 Å². The molecule has 7 heteroatoms. The molecule has 2 amide bonds. The molecular weight excluding hydrogens is 362 g/mol. The Kier molecular flexibility index (Phi) is 5.31. The second-order valence-electron chi connectivity index (χ2n) is 6.43. The van der Waals surface area contributed by atoms with Gasteiger partial charge in [-0.05, 0) is 30.3 Å². The molecule has 0 radical (unpaired) electrons. The monoisotopic (exact) mass is 383 g/mol. The van der Waals surface area contributed by atoms with Gasteiger partial charge in [-0.25, -0.2) is 0 Å². The van der Waals surface area contributed by atoms with Crippen molar-refractivity contribution in [2.75, 3.05) is 53.7 Å². The van der Waals surface area contributed by atoms with Gasteiger partial charge < -0.3 is 19.9 Å². The number of ether oxygens (including phenoxy) is 1. The Morgan fingerprint density at radius 1 is 1.11 bits per heavy atom. The third-order valence-electron chi connectivity index (χ3n) is 4.62. The van der Waals surface area contributed by atoms with Gasteiger partial charge in [0.2, 0.25) is 11.8 Å². The SMILES string of the molecule is O=C(CN1C(=O)CSc2ccccc21)Nc1cccc(N2CCOCC2)c1. The van der Waals surface area contributed by atoms with Gasteiger partial charge in [-0.15, -0.1) is 11.8 Å². The Morgan fingerprint density at radius 3 is 2.78 bits per heavy atom. The fourth-order valence-corrected chi connectivity index (χ4v) is 4.21. The van der Waals surface area contributed by atoms with Crippen molar-refractivity contribution in [3.63, 3.8) is 0 Å². The van der Waals surface area contributed by atoms with Crippen LogP contribution in [0.5, 0.6) is 0 Å². The molecule has 4 rings (SSSR count). The number of thioether (sulfide) groups is 1. The summed E-state index contributed by atoms with van der Waals surface area (Å²) < 4.78 is 5.39. The Bertz CT molecular complexity index is 852. The number of benzene rings is 2. The Morgan fingerprint density at radius 2 is 1.93 bits per heavy atom. The lowest BCUT2D eigenvalue weighted by Gasteiger charge is -2.29.